The molecule has 52 heavy (non-hydrogen) atoms. The topological polar surface area (TPSA) is 146 Å². The highest BCUT2D eigenvalue weighted by molar-refractivity contribution is 6.29. The maximum atomic E-state index is 14.0. The standard InChI is InChI=1S/C39H37ClN4O8/c40-32-19-30(44-21-27-17-10-18-28(27)22-44)29(42-43-32)20-41-36(45)35-34(52-39(48)26-15-8-3-9-16-26)33(51-38(47)25-13-6-2-7-14-25)31(50-35)23-49-37(46)24-11-4-1-5-12-24/h1-9,11-16,19,27-28,31,33-35H,10,17-18,20-23H2,(H,41,45)/t27?,28?,31-,33-,34-,35-/m1/s1. The van der Waals surface area contributed by atoms with E-state index in [-0.39, 0.29) is 22.8 Å². The van der Waals surface area contributed by atoms with Crippen molar-refractivity contribution in [2.24, 2.45) is 11.8 Å². The van der Waals surface area contributed by atoms with Crippen molar-refractivity contribution in [1.29, 1.82) is 0 Å². The van der Waals surface area contributed by atoms with E-state index in [0.717, 1.165) is 18.8 Å². The number of fused-ring (bicyclic) bond motifs is 1. The van der Waals surface area contributed by atoms with Crippen molar-refractivity contribution in [3.63, 3.8) is 0 Å². The zero-order valence-corrected chi connectivity index (χ0v) is 28.9. The third-order valence-corrected chi connectivity index (χ3v) is 9.96. The van der Waals surface area contributed by atoms with E-state index >= 15 is 0 Å². The predicted octanol–water partition coefficient (Wildman–Crippen LogP) is 5.06. The molecule has 2 unspecified atom stereocenters. The number of ether oxygens (including phenoxy) is 4. The summed E-state index contributed by atoms with van der Waals surface area (Å²) in [4.78, 5) is 56.1. The molecule has 0 radical (unpaired) electrons. The van der Waals surface area contributed by atoms with Gasteiger partial charge in [-0.15, -0.1) is 5.10 Å². The molecule has 3 aromatic carbocycles. The van der Waals surface area contributed by atoms with Crippen LogP contribution in [-0.2, 0) is 30.3 Å². The largest absolute Gasteiger partial charge is 0.459 e. The van der Waals surface area contributed by atoms with Gasteiger partial charge < -0.3 is 29.2 Å². The number of benzene rings is 3. The number of hydrogen-bond donors (Lipinski definition) is 1. The molecule has 1 aromatic heterocycles. The molecule has 268 valence electrons. The van der Waals surface area contributed by atoms with E-state index in [4.69, 9.17) is 30.5 Å². The number of aromatic nitrogens is 2. The third-order valence-electron chi connectivity index (χ3n) is 9.78. The zero-order chi connectivity index (χ0) is 36.0. The molecular formula is C39H37ClN4O8. The molecule has 0 bridgehead atoms. The number of rotatable bonds is 11. The number of nitrogens with zero attached hydrogens (tertiary/aromatic N) is 3. The average Bonchev–Trinajstić information content (AvgIpc) is 3.89. The van der Waals surface area contributed by atoms with E-state index in [1.165, 1.54) is 19.3 Å². The first-order valence-electron chi connectivity index (χ1n) is 17.3. The minimum atomic E-state index is -1.46. The molecule has 1 aliphatic carbocycles. The van der Waals surface area contributed by atoms with Crippen molar-refractivity contribution in [2.45, 2.75) is 50.2 Å². The highest BCUT2D eigenvalue weighted by Crippen LogP contribution is 2.40. The quantitative estimate of drug-likeness (QED) is 0.164. The molecule has 3 fully saturated rings. The van der Waals surface area contributed by atoms with Crippen LogP contribution in [-0.4, -0.2) is 78.1 Å². The Balaban J connectivity index is 1.14. The van der Waals surface area contributed by atoms with Crippen molar-refractivity contribution in [2.75, 3.05) is 24.6 Å². The van der Waals surface area contributed by atoms with Crippen molar-refractivity contribution < 1.29 is 38.1 Å². The Morgan fingerprint density at radius 2 is 1.29 bits per heavy atom. The first kappa shape index (κ1) is 35.1. The molecule has 12 nitrogen and oxygen atoms in total. The fourth-order valence-corrected chi connectivity index (χ4v) is 7.32. The normalized spacial score (nSPS) is 23.4. The van der Waals surface area contributed by atoms with Crippen LogP contribution in [0.2, 0.25) is 5.15 Å². The van der Waals surface area contributed by atoms with Crippen LogP contribution in [0.15, 0.2) is 97.1 Å². The number of hydrogen-bond acceptors (Lipinski definition) is 11. The molecule has 13 heteroatoms. The van der Waals surface area contributed by atoms with Crippen molar-refractivity contribution >= 4 is 41.1 Å². The van der Waals surface area contributed by atoms with Crippen LogP contribution in [0, 0.1) is 11.8 Å². The van der Waals surface area contributed by atoms with Crippen LogP contribution < -0.4 is 10.2 Å². The lowest BCUT2D eigenvalue weighted by Gasteiger charge is -2.25. The molecule has 3 heterocycles. The Morgan fingerprint density at radius 1 is 0.750 bits per heavy atom. The van der Waals surface area contributed by atoms with Crippen LogP contribution in [0.25, 0.3) is 0 Å². The Labute approximate surface area is 305 Å². The lowest BCUT2D eigenvalue weighted by Crippen LogP contribution is -2.46. The van der Waals surface area contributed by atoms with E-state index in [0.29, 0.717) is 23.1 Å². The van der Waals surface area contributed by atoms with Gasteiger partial charge in [-0.05, 0) is 61.1 Å². The first-order valence-corrected chi connectivity index (χ1v) is 17.7. The number of nitrogens with one attached hydrogen (secondary N) is 1. The average molecular weight is 725 g/mol. The minimum absolute atomic E-state index is 0.0362. The molecule has 7 rings (SSSR count). The second kappa shape index (κ2) is 15.9. The van der Waals surface area contributed by atoms with Crippen LogP contribution in [0.3, 0.4) is 0 Å². The summed E-state index contributed by atoms with van der Waals surface area (Å²) >= 11 is 6.28. The van der Waals surface area contributed by atoms with E-state index < -0.39 is 54.8 Å². The Kier molecular flexibility index (Phi) is 10.7. The van der Waals surface area contributed by atoms with Gasteiger partial charge in [-0.25, -0.2) is 14.4 Å². The molecule has 6 atom stereocenters. The van der Waals surface area contributed by atoms with Gasteiger partial charge in [-0.3, -0.25) is 4.79 Å². The van der Waals surface area contributed by atoms with Crippen LogP contribution in [0.1, 0.15) is 56.0 Å². The molecule has 3 aliphatic rings. The Hall–Kier alpha value is -5.33. The molecule has 1 N–H and O–H groups in total. The van der Waals surface area contributed by atoms with Gasteiger partial charge in [0.2, 0.25) is 0 Å². The smallest absolute Gasteiger partial charge is 0.338 e. The lowest BCUT2D eigenvalue weighted by atomic mass is 10.0. The molecule has 1 amide bonds. The van der Waals surface area contributed by atoms with Gasteiger partial charge in [0.05, 0.1) is 28.9 Å². The van der Waals surface area contributed by atoms with Gasteiger partial charge >= 0.3 is 17.9 Å². The molecular weight excluding hydrogens is 688 g/mol. The summed E-state index contributed by atoms with van der Waals surface area (Å²) in [5.41, 5.74) is 2.03. The summed E-state index contributed by atoms with van der Waals surface area (Å²) in [5.74, 6) is -1.62. The van der Waals surface area contributed by atoms with Gasteiger partial charge in [0.25, 0.3) is 5.91 Å². The van der Waals surface area contributed by atoms with Crippen molar-refractivity contribution in [3.8, 4) is 0 Å². The Morgan fingerprint density at radius 3 is 1.87 bits per heavy atom. The fourth-order valence-electron chi connectivity index (χ4n) is 7.18. The lowest BCUT2D eigenvalue weighted by molar-refractivity contribution is -0.136. The summed E-state index contributed by atoms with van der Waals surface area (Å²) < 4.78 is 23.6. The first-order chi connectivity index (χ1) is 25.3. The number of anilines is 1. The fraction of sp³-hybridized carbons (Fsp3) is 0.333. The monoisotopic (exact) mass is 724 g/mol. The number of carbonyl (C=O) groups excluding carboxylic acids is 4. The van der Waals surface area contributed by atoms with Crippen LogP contribution in [0.5, 0.6) is 0 Å². The number of amides is 1. The maximum Gasteiger partial charge on any atom is 0.338 e. The zero-order valence-electron chi connectivity index (χ0n) is 28.1. The number of esters is 3. The van der Waals surface area contributed by atoms with Crippen LogP contribution in [0.4, 0.5) is 5.69 Å². The minimum Gasteiger partial charge on any atom is -0.459 e. The SMILES string of the molecule is O=C(OC[C@H]1O[C@@H](C(=O)NCc2nnc(Cl)cc2N2CC3CCCC3C2)[C@H](OC(=O)c2ccccc2)[C@@H]1OC(=O)c1ccccc1)c1ccccc1. The van der Waals surface area contributed by atoms with Crippen molar-refractivity contribution in [3.05, 3.63) is 125 Å². The Bertz CT molecular complexity index is 1890. The van der Waals surface area contributed by atoms with E-state index in [1.54, 1.807) is 97.1 Å². The maximum absolute atomic E-state index is 14.0. The highest BCUT2D eigenvalue weighted by Gasteiger charge is 2.53. The molecule has 2 saturated heterocycles. The highest BCUT2D eigenvalue weighted by atomic mass is 35.5. The van der Waals surface area contributed by atoms with Gasteiger partial charge in [0.15, 0.2) is 23.5 Å². The molecule has 0 spiro atoms. The number of carbonyl (C=O) groups is 4. The summed E-state index contributed by atoms with van der Waals surface area (Å²) in [5, 5.41) is 11.4. The van der Waals surface area contributed by atoms with Gasteiger partial charge in [0, 0.05) is 19.2 Å². The molecule has 4 aromatic rings. The van der Waals surface area contributed by atoms with Crippen molar-refractivity contribution in [1.82, 2.24) is 15.5 Å². The second-order valence-electron chi connectivity index (χ2n) is 13.1. The number of halogens is 1. The van der Waals surface area contributed by atoms with E-state index in [9.17, 15) is 19.2 Å². The third kappa shape index (κ3) is 7.93. The second-order valence-corrected chi connectivity index (χ2v) is 13.5. The summed E-state index contributed by atoms with van der Waals surface area (Å²) in [6, 6.07) is 26.5. The summed E-state index contributed by atoms with van der Waals surface area (Å²) in [6.45, 7) is 1.29. The van der Waals surface area contributed by atoms with E-state index in [1.807, 2.05) is 0 Å². The molecule has 2 aliphatic heterocycles. The van der Waals surface area contributed by atoms with Crippen LogP contribution >= 0.6 is 11.6 Å². The summed E-state index contributed by atoms with van der Waals surface area (Å²) in [6.07, 6.45) is -1.81. The summed E-state index contributed by atoms with van der Waals surface area (Å²) in [7, 11) is 0. The predicted molar refractivity (Wildman–Crippen MR) is 189 cm³/mol. The molecule has 1 saturated carbocycles. The van der Waals surface area contributed by atoms with E-state index in [2.05, 4.69) is 20.4 Å². The van der Waals surface area contributed by atoms with Gasteiger partial charge in [0.1, 0.15) is 18.4 Å². The van der Waals surface area contributed by atoms with Gasteiger partial charge in [-0.1, -0.05) is 72.6 Å². The van der Waals surface area contributed by atoms with Gasteiger partial charge in [-0.2, -0.15) is 5.10 Å².